The second-order valence-corrected chi connectivity index (χ2v) is 5.00. The number of amides is 1. The summed E-state index contributed by atoms with van der Waals surface area (Å²) in [5.41, 5.74) is 8.78. The molecular formula is C19H18FN3O3. The van der Waals surface area contributed by atoms with E-state index in [0.29, 0.717) is 22.7 Å². The molecule has 0 fully saturated rings. The van der Waals surface area contributed by atoms with Crippen molar-refractivity contribution in [3.05, 3.63) is 65.5 Å². The van der Waals surface area contributed by atoms with Crippen molar-refractivity contribution in [1.82, 2.24) is 0 Å². The lowest BCUT2D eigenvalue weighted by Gasteiger charge is -2.11. The number of carbonyl (C=O) groups excluding carboxylic acids is 3. The molecule has 0 atom stereocenters. The zero-order valence-electron chi connectivity index (χ0n) is 14.2. The summed E-state index contributed by atoms with van der Waals surface area (Å²) in [5.74, 6) is -0.527. The fourth-order valence-electron chi connectivity index (χ4n) is 2.20. The zero-order chi connectivity index (χ0) is 19.7. The van der Waals surface area contributed by atoms with Crippen molar-refractivity contribution in [2.75, 3.05) is 10.7 Å². The minimum Gasteiger partial charge on any atom is -0.399 e. The van der Waals surface area contributed by atoms with E-state index in [2.05, 4.69) is 5.10 Å². The van der Waals surface area contributed by atoms with Crippen LogP contribution in [0.15, 0.2) is 59.2 Å². The van der Waals surface area contributed by atoms with Crippen molar-refractivity contribution in [2.24, 2.45) is 5.10 Å². The van der Waals surface area contributed by atoms with Crippen LogP contribution in [0.1, 0.15) is 12.5 Å². The van der Waals surface area contributed by atoms with Crippen molar-refractivity contribution >= 4 is 42.6 Å². The highest BCUT2D eigenvalue weighted by Gasteiger charge is 2.28. The van der Waals surface area contributed by atoms with E-state index in [1.54, 1.807) is 49.4 Å². The van der Waals surface area contributed by atoms with Crippen molar-refractivity contribution in [2.45, 2.75) is 6.92 Å². The smallest absolute Gasteiger partial charge is 0.280 e. The molecule has 0 radical (unpaired) electrons. The van der Waals surface area contributed by atoms with Crippen molar-refractivity contribution in [3.63, 3.8) is 0 Å². The molecule has 0 saturated heterocycles. The Morgan fingerprint density at radius 2 is 1.54 bits per heavy atom. The zero-order valence-corrected chi connectivity index (χ0v) is 14.2. The van der Waals surface area contributed by atoms with E-state index in [1.165, 1.54) is 17.1 Å². The lowest BCUT2D eigenvalue weighted by atomic mass is 10.1. The Bertz CT molecular complexity index is 813. The van der Waals surface area contributed by atoms with Gasteiger partial charge in [-0.3, -0.25) is 4.79 Å². The summed E-state index contributed by atoms with van der Waals surface area (Å²) in [6.07, 6.45) is 1.71. The Hall–Kier alpha value is -3.61. The number of benzene rings is 2. The van der Waals surface area contributed by atoms with Gasteiger partial charge in [-0.1, -0.05) is 12.1 Å². The van der Waals surface area contributed by atoms with Crippen molar-refractivity contribution in [3.8, 4) is 0 Å². The summed E-state index contributed by atoms with van der Waals surface area (Å²) in [4.78, 5) is 28.5. The van der Waals surface area contributed by atoms with Gasteiger partial charge in [-0.05, 0) is 55.0 Å². The van der Waals surface area contributed by atoms with E-state index in [-0.39, 0.29) is 11.7 Å². The third kappa shape index (κ3) is 4.70. The fourth-order valence-corrected chi connectivity index (χ4v) is 2.20. The average Bonchev–Trinajstić information content (AvgIpc) is 2.95. The SMILES string of the molecule is C=O.C=O.CC1=NN(c2ccc(N)cc2)C(=O)/C1=C\c1ccc(F)cc1. The van der Waals surface area contributed by atoms with Crippen molar-refractivity contribution in [1.29, 1.82) is 0 Å². The van der Waals surface area contributed by atoms with E-state index in [4.69, 9.17) is 15.3 Å². The molecule has 2 aromatic rings. The molecule has 1 aliphatic rings. The van der Waals surface area contributed by atoms with Crippen LogP contribution in [0.5, 0.6) is 0 Å². The maximum Gasteiger partial charge on any atom is 0.280 e. The molecule has 0 unspecified atom stereocenters. The number of nitrogens with two attached hydrogens (primary N) is 1. The second kappa shape index (κ2) is 9.63. The van der Waals surface area contributed by atoms with Gasteiger partial charge < -0.3 is 15.3 Å². The number of carbonyl (C=O) groups is 3. The Kier molecular flexibility index (Phi) is 7.57. The third-order valence-electron chi connectivity index (χ3n) is 3.38. The molecule has 0 aromatic heterocycles. The fraction of sp³-hybridized carbons (Fsp3) is 0.0526. The largest absolute Gasteiger partial charge is 0.399 e. The number of hydrazone groups is 1. The predicted molar refractivity (Wildman–Crippen MR) is 100 cm³/mol. The van der Waals surface area contributed by atoms with E-state index in [0.717, 1.165) is 5.56 Å². The quantitative estimate of drug-likeness (QED) is 0.662. The van der Waals surface area contributed by atoms with Crippen LogP contribution >= 0.6 is 0 Å². The first-order chi connectivity index (χ1) is 12.5. The number of nitrogens with zero attached hydrogens (tertiary/aromatic N) is 2. The van der Waals surface area contributed by atoms with E-state index in [1.807, 2.05) is 13.6 Å². The van der Waals surface area contributed by atoms with Gasteiger partial charge in [0.05, 0.1) is 17.0 Å². The number of halogens is 1. The molecule has 0 saturated carbocycles. The Morgan fingerprint density at radius 1 is 1.00 bits per heavy atom. The van der Waals surface area contributed by atoms with Crippen LogP contribution in [-0.4, -0.2) is 25.2 Å². The molecule has 2 N–H and O–H groups in total. The summed E-state index contributed by atoms with van der Waals surface area (Å²) in [6.45, 7) is 5.77. The molecule has 6 nitrogen and oxygen atoms in total. The van der Waals surface area contributed by atoms with Gasteiger partial charge in [0.2, 0.25) is 0 Å². The molecule has 2 aromatic carbocycles. The van der Waals surface area contributed by atoms with Gasteiger partial charge in [0, 0.05) is 5.69 Å². The molecule has 0 aliphatic carbocycles. The molecule has 7 heteroatoms. The number of rotatable bonds is 2. The van der Waals surface area contributed by atoms with Gasteiger partial charge in [-0.25, -0.2) is 4.39 Å². The van der Waals surface area contributed by atoms with Gasteiger partial charge in [0.1, 0.15) is 19.4 Å². The molecule has 26 heavy (non-hydrogen) atoms. The molecule has 134 valence electrons. The summed E-state index contributed by atoms with van der Waals surface area (Å²) in [6, 6.07) is 12.9. The minimum atomic E-state index is -0.311. The molecule has 1 amide bonds. The number of anilines is 2. The average molecular weight is 355 g/mol. The summed E-state index contributed by atoms with van der Waals surface area (Å²) < 4.78 is 12.9. The number of hydrogen-bond donors (Lipinski definition) is 1. The lowest BCUT2D eigenvalue weighted by molar-refractivity contribution is -0.114. The normalized spacial score (nSPS) is 14.1. The number of hydrogen-bond acceptors (Lipinski definition) is 5. The summed E-state index contributed by atoms with van der Waals surface area (Å²) in [7, 11) is 0. The first-order valence-electron chi connectivity index (χ1n) is 7.35. The van der Waals surface area contributed by atoms with Crippen molar-refractivity contribution < 1.29 is 18.8 Å². The van der Waals surface area contributed by atoms with Crippen LogP contribution < -0.4 is 10.7 Å². The highest BCUT2D eigenvalue weighted by molar-refractivity contribution is 6.32. The van der Waals surface area contributed by atoms with Gasteiger partial charge in [0.25, 0.3) is 5.91 Å². The molecular weight excluding hydrogens is 337 g/mol. The van der Waals surface area contributed by atoms with Gasteiger partial charge in [-0.15, -0.1) is 0 Å². The predicted octanol–water partition coefficient (Wildman–Crippen LogP) is 2.84. The molecule has 1 aliphatic heterocycles. The van der Waals surface area contributed by atoms with Crippen LogP contribution in [0.25, 0.3) is 6.08 Å². The van der Waals surface area contributed by atoms with Crippen LogP contribution in [0.3, 0.4) is 0 Å². The van der Waals surface area contributed by atoms with Crippen LogP contribution in [0, 0.1) is 5.82 Å². The maximum atomic E-state index is 12.9. The highest BCUT2D eigenvalue weighted by atomic mass is 19.1. The monoisotopic (exact) mass is 355 g/mol. The summed E-state index contributed by atoms with van der Waals surface area (Å²) >= 11 is 0. The maximum absolute atomic E-state index is 12.9. The Labute approximate surface area is 150 Å². The summed E-state index contributed by atoms with van der Waals surface area (Å²) in [5, 5.41) is 5.62. The minimum absolute atomic E-state index is 0.216. The molecule has 1 heterocycles. The molecule has 0 spiro atoms. The standard InChI is InChI=1S/C17H14FN3O.2CH2O/c1-11-16(10-12-2-4-13(18)5-3-12)17(22)21(20-11)15-8-6-14(19)7-9-15;2*1-2/h2-10H,19H2,1H3;2*1H2/b16-10-;;. The van der Waals surface area contributed by atoms with E-state index >= 15 is 0 Å². The van der Waals surface area contributed by atoms with Crippen LogP contribution in [0.4, 0.5) is 15.8 Å². The Balaban J connectivity index is 0.000000791. The Morgan fingerprint density at radius 3 is 2.08 bits per heavy atom. The van der Waals surface area contributed by atoms with Crippen LogP contribution in [-0.2, 0) is 14.4 Å². The third-order valence-corrected chi connectivity index (χ3v) is 3.38. The van der Waals surface area contributed by atoms with Gasteiger partial charge in [0.15, 0.2) is 0 Å². The lowest BCUT2D eigenvalue weighted by Crippen LogP contribution is -2.21. The number of nitrogen functional groups attached to an aromatic ring is 1. The topological polar surface area (TPSA) is 92.8 Å². The molecule has 3 rings (SSSR count). The van der Waals surface area contributed by atoms with E-state index < -0.39 is 0 Å². The van der Waals surface area contributed by atoms with Gasteiger partial charge in [-0.2, -0.15) is 10.1 Å². The highest BCUT2D eigenvalue weighted by Crippen LogP contribution is 2.25. The molecule has 0 bridgehead atoms. The first kappa shape index (κ1) is 20.4. The van der Waals surface area contributed by atoms with Gasteiger partial charge >= 0.3 is 0 Å². The second-order valence-electron chi connectivity index (χ2n) is 5.00. The first-order valence-corrected chi connectivity index (χ1v) is 7.35. The van der Waals surface area contributed by atoms with E-state index in [9.17, 15) is 9.18 Å². The van der Waals surface area contributed by atoms with Crippen LogP contribution in [0.2, 0.25) is 0 Å².